The molecule has 0 atom stereocenters. The standard InChI is InChI=1S/C9H15N3O/c1-8-6-9(2-3-11-8)12-7-10-4-5-13/h2-3,6,10,13H,4-5,7H2,1H3,(H,11,12). The van der Waals surface area contributed by atoms with Crippen LogP contribution in [0.2, 0.25) is 0 Å². The molecule has 0 bridgehead atoms. The molecule has 4 nitrogen and oxygen atoms in total. The van der Waals surface area contributed by atoms with Crippen LogP contribution >= 0.6 is 0 Å². The summed E-state index contributed by atoms with van der Waals surface area (Å²) >= 11 is 0. The zero-order chi connectivity index (χ0) is 9.52. The van der Waals surface area contributed by atoms with E-state index in [-0.39, 0.29) is 6.61 Å². The number of hydrogen-bond acceptors (Lipinski definition) is 4. The summed E-state index contributed by atoms with van der Waals surface area (Å²) in [6.07, 6.45) is 1.77. The second-order valence-corrected chi connectivity index (χ2v) is 2.76. The first kappa shape index (κ1) is 9.95. The number of hydrogen-bond donors (Lipinski definition) is 3. The van der Waals surface area contributed by atoms with E-state index in [1.165, 1.54) is 0 Å². The van der Waals surface area contributed by atoms with Gasteiger partial charge in [0.05, 0.1) is 13.3 Å². The fraction of sp³-hybridized carbons (Fsp3) is 0.444. The van der Waals surface area contributed by atoms with Crippen molar-refractivity contribution < 1.29 is 5.11 Å². The lowest BCUT2D eigenvalue weighted by Gasteiger charge is -2.06. The summed E-state index contributed by atoms with van der Waals surface area (Å²) in [6.45, 7) is 3.38. The predicted molar refractivity (Wildman–Crippen MR) is 52.6 cm³/mol. The van der Waals surface area contributed by atoms with Crippen molar-refractivity contribution in [1.29, 1.82) is 0 Å². The molecule has 3 N–H and O–H groups in total. The highest BCUT2D eigenvalue weighted by Gasteiger charge is 1.90. The largest absolute Gasteiger partial charge is 0.395 e. The van der Waals surface area contributed by atoms with Crippen LogP contribution in [0.15, 0.2) is 18.3 Å². The zero-order valence-corrected chi connectivity index (χ0v) is 7.75. The lowest BCUT2D eigenvalue weighted by Crippen LogP contribution is -2.24. The van der Waals surface area contributed by atoms with Crippen LogP contribution in [0.4, 0.5) is 5.69 Å². The Morgan fingerprint density at radius 1 is 1.54 bits per heavy atom. The Labute approximate surface area is 78.0 Å². The SMILES string of the molecule is Cc1cc(NCNCCO)ccn1. The Balaban J connectivity index is 2.28. The number of aliphatic hydroxyl groups is 1. The summed E-state index contributed by atoms with van der Waals surface area (Å²) in [4.78, 5) is 4.08. The van der Waals surface area contributed by atoms with Gasteiger partial charge in [0.2, 0.25) is 0 Å². The van der Waals surface area contributed by atoms with E-state index in [1.807, 2.05) is 19.1 Å². The third-order valence-corrected chi connectivity index (χ3v) is 1.60. The molecule has 0 saturated carbocycles. The average Bonchev–Trinajstić information content (AvgIpc) is 2.13. The van der Waals surface area contributed by atoms with E-state index in [2.05, 4.69) is 15.6 Å². The van der Waals surface area contributed by atoms with Gasteiger partial charge in [0.1, 0.15) is 0 Å². The fourth-order valence-corrected chi connectivity index (χ4v) is 0.988. The average molecular weight is 181 g/mol. The van der Waals surface area contributed by atoms with Gasteiger partial charge in [-0.15, -0.1) is 0 Å². The number of nitrogens with zero attached hydrogens (tertiary/aromatic N) is 1. The van der Waals surface area contributed by atoms with Crippen molar-refractivity contribution in [2.24, 2.45) is 0 Å². The van der Waals surface area contributed by atoms with Crippen LogP contribution in [-0.2, 0) is 0 Å². The number of aryl methyl sites for hydroxylation is 1. The molecule has 1 aromatic heterocycles. The third kappa shape index (κ3) is 3.87. The van der Waals surface area contributed by atoms with Crippen molar-refractivity contribution in [3.05, 3.63) is 24.0 Å². The van der Waals surface area contributed by atoms with E-state index in [0.29, 0.717) is 13.2 Å². The van der Waals surface area contributed by atoms with Gasteiger partial charge in [-0.25, -0.2) is 0 Å². The smallest absolute Gasteiger partial charge is 0.0653 e. The van der Waals surface area contributed by atoms with Crippen molar-refractivity contribution in [3.63, 3.8) is 0 Å². The molecule has 0 aliphatic heterocycles. The molecule has 0 radical (unpaired) electrons. The van der Waals surface area contributed by atoms with Crippen LogP contribution in [0.25, 0.3) is 0 Å². The first-order chi connectivity index (χ1) is 6.33. The monoisotopic (exact) mass is 181 g/mol. The molecule has 0 saturated heterocycles. The van der Waals surface area contributed by atoms with Gasteiger partial charge in [-0.1, -0.05) is 0 Å². The van der Waals surface area contributed by atoms with Crippen molar-refractivity contribution in [2.75, 3.05) is 25.1 Å². The van der Waals surface area contributed by atoms with Gasteiger partial charge in [-0.2, -0.15) is 0 Å². The van der Waals surface area contributed by atoms with Gasteiger partial charge >= 0.3 is 0 Å². The zero-order valence-electron chi connectivity index (χ0n) is 7.75. The first-order valence-corrected chi connectivity index (χ1v) is 4.31. The summed E-state index contributed by atoms with van der Waals surface area (Å²) in [5.41, 5.74) is 2.03. The maximum atomic E-state index is 8.51. The van der Waals surface area contributed by atoms with E-state index in [0.717, 1.165) is 11.4 Å². The molecule has 1 rings (SSSR count). The molecule has 1 aromatic rings. The highest BCUT2D eigenvalue weighted by atomic mass is 16.3. The summed E-state index contributed by atoms with van der Waals surface area (Å²) in [5, 5.41) is 14.7. The van der Waals surface area contributed by atoms with Crippen molar-refractivity contribution in [3.8, 4) is 0 Å². The number of nitrogens with one attached hydrogen (secondary N) is 2. The van der Waals surface area contributed by atoms with Crippen LogP contribution in [0.3, 0.4) is 0 Å². The second-order valence-electron chi connectivity index (χ2n) is 2.76. The highest BCUT2D eigenvalue weighted by molar-refractivity contribution is 5.42. The third-order valence-electron chi connectivity index (χ3n) is 1.60. The second kappa shape index (κ2) is 5.50. The van der Waals surface area contributed by atoms with E-state index in [1.54, 1.807) is 6.20 Å². The van der Waals surface area contributed by atoms with Gasteiger partial charge < -0.3 is 10.4 Å². The quantitative estimate of drug-likeness (QED) is 0.453. The van der Waals surface area contributed by atoms with Gasteiger partial charge in [0.25, 0.3) is 0 Å². The van der Waals surface area contributed by atoms with Gasteiger partial charge in [-0.05, 0) is 19.1 Å². The van der Waals surface area contributed by atoms with Crippen molar-refractivity contribution in [1.82, 2.24) is 10.3 Å². The Morgan fingerprint density at radius 2 is 2.38 bits per heavy atom. The van der Waals surface area contributed by atoms with E-state index in [9.17, 15) is 0 Å². The molecular weight excluding hydrogens is 166 g/mol. The summed E-state index contributed by atoms with van der Waals surface area (Å²) in [5.74, 6) is 0. The molecule has 0 aromatic carbocycles. The molecule has 0 amide bonds. The number of aromatic nitrogens is 1. The van der Waals surface area contributed by atoms with Crippen LogP contribution in [0.1, 0.15) is 5.69 Å². The van der Waals surface area contributed by atoms with E-state index in [4.69, 9.17) is 5.11 Å². The maximum absolute atomic E-state index is 8.51. The molecule has 0 spiro atoms. The molecule has 0 unspecified atom stereocenters. The van der Waals surface area contributed by atoms with Gasteiger partial charge in [0, 0.05) is 24.1 Å². The predicted octanol–water partition coefficient (Wildman–Crippen LogP) is 0.341. The van der Waals surface area contributed by atoms with Crippen molar-refractivity contribution in [2.45, 2.75) is 6.92 Å². The Hall–Kier alpha value is -1.13. The minimum absolute atomic E-state index is 0.164. The van der Waals surface area contributed by atoms with Crippen molar-refractivity contribution >= 4 is 5.69 Å². The van der Waals surface area contributed by atoms with Crippen LogP contribution in [0, 0.1) is 6.92 Å². The normalized spacial score (nSPS) is 10.0. The minimum atomic E-state index is 0.164. The Morgan fingerprint density at radius 3 is 3.08 bits per heavy atom. The lowest BCUT2D eigenvalue weighted by molar-refractivity contribution is 0.294. The fourth-order valence-electron chi connectivity index (χ4n) is 0.988. The molecule has 0 aliphatic rings. The topological polar surface area (TPSA) is 57.2 Å². The van der Waals surface area contributed by atoms with Crippen LogP contribution in [0.5, 0.6) is 0 Å². The number of pyridine rings is 1. The first-order valence-electron chi connectivity index (χ1n) is 4.31. The highest BCUT2D eigenvalue weighted by Crippen LogP contribution is 2.05. The van der Waals surface area contributed by atoms with Gasteiger partial charge in [-0.3, -0.25) is 10.3 Å². The van der Waals surface area contributed by atoms with Crippen LogP contribution < -0.4 is 10.6 Å². The number of rotatable bonds is 5. The molecule has 13 heavy (non-hydrogen) atoms. The Bertz CT molecular complexity index is 252. The van der Waals surface area contributed by atoms with E-state index >= 15 is 0 Å². The number of anilines is 1. The molecule has 0 fully saturated rings. The van der Waals surface area contributed by atoms with Crippen LogP contribution in [-0.4, -0.2) is 29.9 Å². The molecular formula is C9H15N3O. The molecule has 1 heterocycles. The molecule has 4 heteroatoms. The summed E-state index contributed by atoms with van der Waals surface area (Å²) in [6, 6.07) is 3.88. The summed E-state index contributed by atoms with van der Waals surface area (Å²) in [7, 11) is 0. The molecule has 0 aliphatic carbocycles. The Kier molecular flexibility index (Phi) is 4.21. The van der Waals surface area contributed by atoms with E-state index < -0.39 is 0 Å². The maximum Gasteiger partial charge on any atom is 0.0653 e. The lowest BCUT2D eigenvalue weighted by atomic mass is 10.3. The molecule has 72 valence electrons. The number of aliphatic hydroxyl groups excluding tert-OH is 1. The minimum Gasteiger partial charge on any atom is -0.395 e. The van der Waals surface area contributed by atoms with Gasteiger partial charge in [0.15, 0.2) is 0 Å². The summed E-state index contributed by atoms with van der Waals surface area (Å²) < 4.78 is 0.